The van der Waals surface area contributed by atoms with E-state index in [0.717, 1.165) is 42.9 Å². The lowest BCUT2D eigenvalue weighted by atomic mass is 10.2. The van der Waals surface area contributed by atoms with Gasteiger partial charge < -0.3 is 9.72 Å². The summed E-state index contributed by atoms with van der Waals surface area (Å²) in [5.74, 6) is 1.62. The second-order valence-electron chi connectivity index (χ2n) is 5.34. The van der Waals surface area contributed by atoms with E-state index in [1.807, 2.05) is 12.1 Å². The first-order valence-corrected chi connectivity index (χ1v) is 9.14. The number of nitrogens with one attached hydrogen (secondary N) is 1. The number of rotatable bonds is 9. The van der Waals surface area contributed by atoms with E-state index in [1.165, 1.54) is 17.3 Å². The Morgan fingerprint density at radius 3 is 2.70 bits per heavy atom. The van der Waals surface area contributed by atoms with E-state index in [1.54, 1.807) is 6.07 Å². The summed E-state index contributed by atoms with van der Waals surface area (Å²) in [6.45, 7) is 4.85. The normalized spacial score (nSPS) is 10.7. The Morgan fingerprint density at radius 2 is 2.00 bits per heavy atom. The van der Waals surface area contributed by atoms with Crippen LogP contribution in [0.25, 0.3) is 0 Å². The van der Waals surface area contributed by atoms with Gasteiger partial charge in [0.1, 0.15) is 5.75 Å². The highest BCUT2D eigenvalue weighted by Gasteiger charge is 2.03. The number of thioether (sulfide) groups is 1. The van der Waals surface area contributed by atoms with E-state index in [4.69, 9.17) is 4.74 Å². The molecule has 0 aliphatic carbocycles. The van der Waals surface area contributed by atoms with Gasteiger partial charge in [0.05, 0.1) is 6.61 Å². The van der Waals surface area contributed by atoms with Crippen molar-refractivity contribution in [1.29, 1.82) is 0 Å². The molecule has 0 fully saturated rings. The minimum absolute atomic E-state index is 0.0790. The number of aryl methyl sites for hydroxylation is 2. The zero-order valence-electron chi connectivity index (χ0n) is 13.8. The average molecular weight is 332 g/mol. The smallest absolute Gasteiger partial charge is 0.251 e. The number of ether oxygens (including phenoxy) is 1. The summed E-state index contributed by atoms with van der Waals surface area (Å²) >= 11 is 1.52. The number of benzene rings is 1. The lowest BCUT2D eigenvalue weighted by Gasteiger charge is -2.07. The fraction of sp³-hybridized carbons (Fsp3) is 0.444. The third kappa shape index (κ3) is 6.10. The molecule has 4 nitrogen and oxygen atoms in total. The van der Waals surface area contributed by atoms with Gasteiger partial charge in [-0.25, -0.2) is 4.98 Å². The number of aromatic amines is 1. The quantitative estimate of drug-likeness (QED) is 0.430. The third-order valence-electron chi connectivity index (χ3n) is 3.48. The Bertz CT molecular complexity index is 653. The minimum atomic E-state index is -0.0790. The summed E-state index contributed by atoms with van der Waals surface area (Å²) in [7, 11) is 0. The highest BCUT2D eigenvalue weighted by molar-refractivity contribution is 7.99. The first-order valence-electron chi connectivity index (χ1n) is 8.16. The first-order chi connectivity index (χ1) is 11.2. The summed E-state index contributed by atoms with van der Waals surface area (Å²) in [5.41, 5.74) is 2.09. The second kappa shape index (κ2) is 9.40. The monoisotopic (exact) mass is 332 g/mol. The molecule has 0 spiro atoms. The summed E-state index contributed by atoms with van der Waals surface area (Å²) in [6, 6.07) is 9.74. The van der Waals surface area contributed by atoms with Gasteiger partial charge in [0, 0.05) is 17.5 Å². The minimum Gasteiger partial charge on any atom is -0.493 e. The van der Waals surface area contributed by atoms with Crippen molar-refractivity contribution in [3.05, 3.63) is 51.9 Å². The van der Waals surface area contributed by atoms with Gasteiger partial charge in [-0.15, -0.1) is 0 Å². The molecule has 0 saturated carbocycles. The molecule has 0 saturated heterocycles. The topological polar surface area (TPSA) is 55.0 Å². The SMILES string of the molecule is CCCCc1cc(=O)[nH]c(SCCOc2ccc(CC)cc2)n1. The van der Waals surface area contributed by atoms with Crippen LogP contribution in [-0.2, 0) is 12.8 Å². The molecule has 0 aliphatic heterocycles. The number of unbranched alkanes of at least 4 members (excludes halogenated alkanes) is 1. The van der Waals surface area contributed by atoms with E-state index in [0.29, 0.717) is 11.8 Å². The molecule has 124 valence electrons. The Morgan fingerprint density at radius 1 is 1.22 bits per heavy atom. The molecule has 0 bridgehead atoms. The predicted octanol–water partition coefficient (Wildman–Crippen LogP) is 3.85. The number of aromatic nitrogens is 2. The van der Waals surface area contributed by atoms with Gasteiger partial charge in [0.2, 0.25) is 0 Å². The van der Waals surface area contributed by atoms with Crippen LogP contribution in [0.15, 0.2) is 40.3 Å². The zero-order valence-corrected chi connectivity index (χ0v) is 14.6. The van der Waals surface area contributed by atoms with Crippen molar-refractivity contribution < 1.29 is 4.74 Å². The maximum atomic E-state index is 11.6. The molecule has 0 amide bonds. The molecule has 23 heavy (non-hydrogen) atoms. The molecule has 1 N–H and O–H groups in total. The highest BCUT2D eigenvalue weighted by Crippen LogP contribution is 2.15. The van der Waals surface area contributed by atoms with Crippen molar-refractivity contribution in [3.8, 4) is 5.75 Å². The summed E-state index contributed by atoms with van der Waals surface area (Å²) in [6.07, 6.45) is 4.04. The lowest BCUT2D eigenvalue weighted by Crippen LogP contribution is -2.11. The van der Waals surface area contributed by atoms with Crippen LogP contribution in [0.4, 0.5) is 0 Å². The molecule has 2 aromatic rings. The van der Waals surface area contributed by atoms with Crippen molar-refractivity contribution >= 4 is 11.8 Å². The molecule has 1 aromatic heterocycles. The molecule has 2 rings (SSSR count). The van der Waals surface area contributed by atoms with E-state index in [9.17, 15) is 4.79 Å². The van der Waals surface area contributed by atoms with Crippen LogP contribution in [0.5, 0.6) is 5.75 Å². The summed E-state index contributed by atoms with van der Waals surface area (Å²) < 4.78 is 5.71. The molecule has 5 heteroatoms. The van der Waals surface area contributed by atoms with Crippen molar-refractivity contribution in [2.75, 3.05) is 12.4 Å². The molecule has 1 heterocycles. The Balaban J connectivity index is 1.81. The number of H-pyrrole nitrogens is 1. The van der Waals surface area contributed by atoms with Gasteiger partial charge in [-0.1, -0.05) is 44.2 Å². The number of hydrogen-bond donors (Lipinski definition) is 1. The summed E-state index contributed by atoms with van der Waals surface area (Å²) in [4.78, 5) is 18.9. The van der Waals surface area contributed by atoms with Crippen LogP contribution in [0.3, 0.4) is 0 Å². The van der Waals surface area contributed by atoms with E-state index < -0.39 is 0 Å². The van der Waals surface area contributed by atoms with Crippen LogP contribution in [-0.4, -0.2) is 22.3 Å². The Labute approximate surface area is 141 Å². The maximum Gasteiger partial charge on any atom is 0.251 e. The average Bonchev–Trinajstić information content (AvgIpc) is 2.57. The van der Waals surface area contributed by atoms with Gasteiger partial charge in [-0.05, 0) is 37.0 Å². The summed E-state index contributed by atoms with van der Waals surface area (Å²) in [5, 5.41) is 0.675. The van der Waals surface area contributed by atoms with E-state index >= 15 is 0 Å². The first kappa shape index (κ1) is 17.6. The van der Waals surface area contributed by atoms with Crippen molar-refractivity contribution in [3.63, 3.8) is 0 Å². The molecular weight excluding hydrogens is 308 g/mol. The van der Waals surface area contributed by atoms with Crippen molar-refractivity contribution in [2.24, 2.45) is 0 Å². The van der Waals surface area contributed by atoms with Gasteiger partial charge in [0.15, 0.2) is 5.16 Å². The van der Waals surface area contributed by atoms with Crippen LogP contribution in [0.2, 0.25) is 0 Å². The molecular formula is C18H24N2O2S. The lowest BCUT2D eigenvalue weighted by molar-refractivity contribution is 0.344. The van der Waals surface area contributed by atoms with Gasteiger partial charge in [0.25, 0.3) is 5.56 Å². The number of nitrogens with zero attached hydrogens (tertiary/aromatic N) is 1. The van der Waals surface area contributed by atoms with Gasteiger partial charge >= 0.3 is 0 Å². The molecule has 0 aliphatic rings. The van der Waals surface area contributed by atoms with Gasteiger partial charge in [-0.2, -0.15) is 0 Å². The van der Waals surface area contributed by atoms with Crippen molar-refractivity contribution in [1.82, 2.24) is 9.97 Å². The Hall–Kier alpha value is -1.75. The molecule has 0 unspecified atom stereocenters. The zero-order chi connectivity index (χ0) is 16.5. The molecule has 0 atom stereocenters. The van der Waals surface area contributed by atoms with Crippen LogP contribution >= 0.6 is 11.8 Å². The predicted molar refractivity (Wildman–Crippen MR) is 95.5 cm³/mol. The third-order valence-corrected chi connectivity index (χ3v) is 4.32. The largest absolute Gasteiger partial charge is 0.493 e. The Kier molecular flexibility index (Phi) is 7.20. The van der Waals surface area contributed by atoms with Crippen LogP contribution in [0.1, 0.15) is 37.9 Å². The van der Waals surface area contributed by atoms with E-state index in [2.05, 4.69) is 35.9 Å². The van der Waals surface area contributed by atoms with E-state index in [-0.39, 0.29) is 5.56 Å². The van der Waals surface area contributed by atoms with Crippen LogP contribution < -0.4 is 10.3 Å². The molecule has 0 radical (unpaired) electrons. The van der Waals surface area contributed by atoms with Gasteiger partial charge in [-0.3, -0.25) is 4.79 Å². The van der Waals surface area contributed by atoms with Crippen LogP contribution in [0, 0.1) is 0 Å². The highest BCUT2D eigenvalue weighted by atomic mass is 32.2. The number of hydrogen-bond acceptors (Lipinski definition) is 4. The van der Waals surface area contributed by atoms with Crippen molar-refractivity contribution in [2.45, 2.75) is 44.7 Å². The fourth-order valence-corrected chi connectivity index (χ4v) is 2.87. The fourth-order valence-electron chi connectivity index (χ4n) is 2.16. The standard InChI is InChI=1S/C18H24N2O2S/c1-3-5-6-15-13-17(21)20-18(19-15)23-12-11-22-16-9-7-14(4-2)8-10-16/h7-10,13H,3-6,11-12H2,1-2H3,(H,19,20,21). The second-order valence-corrected chi connectivity index (χ2v) is 6.42. The molecule has 1 aromatic carbocycles. The maximum absolute atomic E-state index is 11.6.